The average Bonchev–Trinajstić information content (AvgIpc) is 2.17. The molecule has 0 radical (unpaired) electrons. The van der Waals surface area contributed by atoms with Crippen molar-refractivity contribution < 1.29 is 18.4 Å². The third-order valence-electron chi connectivity index (χ3n) is 2.88. The minimum absolute atomic E-state index is 0.162. The Morgan fingerprint density at radius 2 is 1.73 bits per heavy atom. The SMILES string of the molecule is CC(F)(F)C(=O)CC(=O)C1CCCCC1. The smallest absolute Gasteiger partial charge is 0.299 e. The highest BCUT2D eigenvalue weighted by Crippen LogP contribution is 2.26. The highest BCUT2D eigenvalue weighted by atomic mass is 19.3. The van der Waals surface area contributed by atoms with Crippen molar-refractivity contribution in [2.24, 2.45) is 5.92 Å². The Morgan fingerprint density at radius 1 is 1.20 bits per heavy atom. The fourth-order valence-corrected chi connectivity index (χ4v) is 1.88. The lowest BCUT2D eigenvalue weighted by Gasteiger charge is -2.20. The van der Waals surface area contributed by atoms with E-state index in [1.54, 1.807) is 0 Å². The second-order valence-corrected chi connectivity index (χ2v) is 4.29. The van der Waals surface area contributed by atoms with E-state index >= 15 is 0 Å². The zero-order valence-electron chi connectivity index (χ0n) is 8.89. The van der Waals surface area contributed by atoms with Crippen molar-refractivity contribution in [2.75, 3.05) is 0 Å². The lowest BCUT2D eigenvalue weighted by molar-refractivity contribution is -0.144. The van der Waals surface area contributed by atoms with Crippen LogP contribution >= 0.6 is 0 Å². The highest BCUT2D eigenvalue weighted by molar-refractivity contribution is 6.02. The third kappa shape index (κ3) is 3.68. The summed E-state index contributed by atoms with van der Waals surface area (Å²) in [6.45, 7) is 0.545. The van der Waals surface area contributed by atoms with E-state index in [0.29, 0.717) is 6.92 Å². The molecule has 0 bridgehead atoms. The van der Waals surface area contributed by atoms with Crippen LogP contribution in [-0.2, 0) is 9.59 Å². The summed E-state index contributed by atoms with van der Waals surface area (Å²) in [5.41, 5.74) is 0. The number of hydrogen-bond acceptors (Lipinski definition) is 2. The van der Waals surface area contributed by atoms with Crippen LogP contribution in [0.25, 0.3) is 0 Å². The van der Waals surface area contributed by atoms with Gasteiger partial charge in [-0.25, -0.2) is 0 Å². The number of hydrogen-bond donors (Lipinski definition) is 0. The molecule has 2 nitrogen and oxygen atoms in total. The molecule has 0 heterocycles. The van der Waals surface area contributed by atoms with Crippen LogP contribution in [0.2, 0.25) is 0 Å². The van der Waals surface area contributed by atoms with Crippen molar-refractivity contribution in [3.8, 4) is 0 Å². The number of rotatable bonds is 4. The van der Waals surface area contributed by atoms with Gasteiger partial charge in [0.1, 0.15) is 5.78 Å². The number of carbonyl (C=O) groups excluding carboxylic acids is 2. The standard InChI is InChI=1S/C11H16F2O2/c1-11(12,13)10(15)7-9(14)8-5-3-2-4-6-8/h8H,2-7H2,1H3. The molecular formula is C11H16F2O2. The van der Waals surface area contributed by atoms with E-state index in [9.17, 15) is 18.4 Å². The second-order valence-electron chi connectivity index (χ2n) is 4.29. The highest BCUT2D eigenvalue weighted by Gasteiger charge is 2.35. The van der Waals surface area contributed by atoms with Crippen LogP contribution in [0.15, 0.2) is 0 Å². The molecule has 0 amide bonds. The topological polar surface area (TPSA) is 34.1 Å². The Balaban J connectivity index is 2.44. The summed E-state index contributed by atoms with van der Waals surface area (Å²) in [6.07, 6.45) is 3.93. The molecule has 1 saturated carbocycles. The zero-order valence-corrected chi connectivity index (χ0v) is 8.89. The Hall–Kier alpha value is -0.800. The normalized spacial score (nSPS) is 18.9. The predicted octanol–water partition coefficient (Wildman–Crippen LogP) is 2.75. The first-order valence-corrected chi connectivity index (χ1v) is 5.35. The van der Waals surface area contributed by atoms with E-state index in [4.69, 9.17) is 0 Å². The van der Waals surface area contributed by atoms with E-state index in [1.165, 1.54) is 0 Å². The zero-order chi connectivity index (χ0) is 11.5. The van der Waals surface area contributed by atoms with Crippen molar-refractivity contribution in [3.05, 3.63) is 0 Å². The maximum absolute atomic E-state index is 12.5. The Bertz CT molecular complexity index is 250. The minimum atomic E-state index is -3.37. The van der Waals surface area contributed by atoms with Crippen LogP contribution in [-0.4, -0.2) is 17.5 Å². The molecule has 1 aliphatic rings. The van der Waals surface area contributed by atoms with E-state index in [0.717, 1.165) is 32.1 Å². The first kappa shape index (κ1) is 12.3. The Kier molecular flexibility index (Phi) is 3.94. The first-order chi connectivity index (χ1) is 6.91. The summed E-state index contributed by atoms with van der Waals surface area (Å²) in [6, 6.07) is 0. The summed E-state index contributed by atoms with van der Waals surface area (Å²) in [7, 11) is 0. The van der Waals surface area contributed by atoms with E-state index < -0.39 is 18.1 Å². The second kappa shape index (κ2) is 4.81. The van der Waals surface area contributed by atoms with Gasteiger partial charge < -0.3 is 0 Å². The molecule has 0 unspecified atom stereocenters. The van der Waals surface area contributed by atoms with Gasteiger partial charge in [-0.05, 0) is 12.8 Å². The molecule has 0 aromatic carbocycles. The van der Waals surface area contributed by atoms with Gasteiger partial charge >= 0.3 is 5.92 Å². The molecule has 1 rings (SSSR count). The quantitative estimate of drug-likeness (QED) is 0.680. The molecule has 86 valence electrons. The molecule has 0 N–H and O–H groups in total. The van der Waals surface area contributed by atoms with Gasteiger partial charge in [0, 0.05) is 12.8 Å². The molecule has 15 heavy (non-hydrogen) atoms. The van der Waals surface area contributed by atoms with Gasteiger partial charge in [0.15, 0.2) is 0 Å². The molecule has 0 saturated heterocycles. The summed E-state index contributed by atoms with van der Waals surface area (Å²) >= 11 is 0. The van der Waals surface area contributed by atoms with Gasteiger partial charge in [0.05, 0.1) is 6.42 Å². The number of alkyl halides is 2. The maximum atomic E-state index is 12.5. The predicted molar refractivity (Wildman–Crippen MR) is 51.8 cm³/mol. The van der Waals surface area contributed by atoms with E-state index in [1.807, 2.05) is 0 Å². The largest absolute Gasteiger partial charge is 0.302 e. The lowest BCUT2D eigenvalue weighted by atomic mass is 9.84. The molecule has 0 atom stereocenters. The fraction of sp³-hybridized carbons (Fsp3) is 0.818. The molecule has 1 aliphatic carbocycles. The molecule has 0 spiro atoms. The lowest BCUT2D eigenvalue weighted by Crippen LogP contribution is -2.29. The van der Waals surface area contributed by atoms with Crippen molar-refractivity contribution in [1.82, 2.24) is 0 Å². The first-order valence-electron chi connectivity index (χ1n) is 5.35. The molecule has 0 aliphatic heterocycles. The molecule has 1 fully saturated rings. The van der Waals surface area contributed by atoms with Gasteiger partial charge in [-0.1, -0.05) is 19.3 Å². The van der Waals surface area contributed by atoms with Gasteiger partial charge in [0.25, 0.3) is 0 Å². The van der Waals surface area contributed by atoms with Crippen LogP contribution in [0.1, 0.15) is 45.4 Å². The molecule has 0 aromatic rings. The van der Waals surface area contributed by atoms with Crippen molar-refractivity contribution >= 4 is 11.6 Å². The van der Waals surface area contributed by atoms with E-state index in [-0.39, 0.29) is 11.7 Å². The van der Waals surface area contributed by atoms with Gasteiger partial charge in [-0.3, -0.25) is 9.59 Å². The van der Waals surface area contributed by atoms with Crippen molar-refractivity contribution in [2.45, 2.75) is 51.4 Å². The average molecular weight is 218 g/mol. The maximum Gasteiger partial charge on any atom is 0.302 e. The molecule has 0 aromatic heterocycles. The molecular weight excluding hydrogens is 202 g/mol. The Morgan fingerprint density at radius 3 is 2.20 bits per heavy atom. The van der Waals surface area contributed by atoms with Gasteiger partial charge in [-0.15, -0.1) is 0 Å². The van der Waals surface area contributed by atoms with Crippen molar-refractivity contribution in [1.29, 1.82) is 0 Å². The van der Waals surface area contributed by atoms with Gasteiger partial charge in [0.2, 0.25) is 5.78 Å². The summed E-state index contributed by atoms with van der Waals surface area (Å²) < 4.78 is 25.1. The number of carbonyl (C=O) groups is 2. The van der Waals surface area contributed by atoms with Crippen LogP contribution < -0.4 is 0 Å². The summed E-state index contributed by atoms with van der Waals surface area (Å²) in [4.78, 5) is 22.4. The fourth-order valence-electron chi connectivity index (χ4n) is 1.88. The van der Waals surface area contributed by atoms with Crippen LogP contribution in [0, 0.1) is 5.92 Å². The summed E-state index contributed by atoms with van der Waals surface area (Å²) in [5.74, 6) is -5.09. The molecule has 4 heteroatoms. The number of halogens is 2. The number of ketones is 2. The monoisotopic (exact) mass is 218 g/mol. The Labute approximate surface area is 88.0 Å². The van der Waals surface area contributed by atoms with Crippen LogP contribution in [0.5, 0.6) is 0 Å². The third-order valence-corrected chi connectivity index (χ3v) is 2.88. The minimum Gasteiger partial charge on any atom is -0.299 e. The van der Waals surface area contributed by atoms with Crippen LogP contribution in [0.4, 0.5) is 8.78 Å². The van der Waals surface area contributed by atoms with Crippen molar-refractivity contribution in [3.63, 3.8) is 0 Å². The van der Waals surface area contributed by atoms with E-state index in [2.05, 4.69) is 0 Å². The van der Waals surface area contributed by atoms with Gasteiger partial charge in [-0.2, -0.15) is 8.78 Å². The van der Waals surface area contributed by atoms with Crippen LogP contribution in [0.3, 0.4) is 0 Å². The summed E-state index contributed by atoms with van der Waals surface area (Å²) in [5, 5.41) is 0. The number of Topliss-reactive ketones (excluding diaryl/α,β-unsaturated/α-hetero) is 2.